The summed E-state index contributed by atoms with van der Waals surface area (Å²) in [7, 11) is 2.21. The van der Waals surface area contributed by atoms with Crippen molar-refractivity contribution in [1.82, 2.24) is 20.0 Å². The zero-order chi connectivity index (χ0) is 19.5. The lowest BCUT2D eigenvalue weighted by Crippen LogP contribution is -2.40. The van der Waals surface area contributed by atoms with Crippen LogP contribution < -0.4 is 5.32 Å². The molecule has 1 aromatic heterocycles. The molecular formula is C24H30N4. The van der Waals surface area contributed by atoms with E-state index in [2.05, 4.69) is 90.5 Å². The van der Waals surface area contributed by atoms with E-state index in [0.29, 0.717) is 6.04 Å². The monoisotopic (exact) mass is 374 g/mol. The molecule has 1 fully saturated rings. The number of hydrogen-bond donors (Lipinski definition) is 1. The molecule has 1 aliphatic heterocycles. The first-order chi connectivity index (χ1) is 13.6. The molecule has 0 amide bonds. The molecule has 1 N–H and O–H groups in total. The highest BCUT2D eigenvalue weighted by molar-refractivity contribution is 5.63. The van der Waals surface area contributed by atoms with Crippen LogP contribution in [0.1, 0.15) is 29.5 Å². The van der Waals surface area contributed by atoms with Crippen molar-refractivity contribution in [2.45, 2.75) is 39.3 Å². The van der Waals surface area contributed by atoms with Crippen LogP contribution in [0.25, 0.3) is 16.9 Å². The molecule has 0 saturated carbocycles. The van der Waals surface area contributed by atoms with Gasteiger partial charge in [-0.1, -0.05) is 42.5 Å². The lowest BCUT2D eigenvalue weighted by atomic mass is 10.0. The predicted molar refractivity (Wildman–Crippen MR) is 116 cm³/mol. The van der Waals surface area contributed by atoms with Gasteiger partial charge in [-0.05, 0) is 64.0 Å². The van der Waals surface area contributed by atoms with E-state index in [-0.39, 0.29) is 0 Å². The second-order valence-electron chi connectivity index (χ2n) is 8.06. The van der Waals surface area contributed by atoms with E-state index in [9.17, 15) is 0 Å². The minimum atomic E-state index is 0.587. The lowest BCUT2D eigenvalue weighted by molar-refractivity contribution is 0.234. The van der Waals surface area contributed by atoms with E-state index in [0.717, 1.165) is 17.9 Å². The van der Waals surface area contributed by atoms with E-state index in [1.165, 1.54) is 48.2 Å². The third-order valence-corrected chi connectivity index (χ3v) is 5.75. The van der Waals surface area contributed by atoms with Crippen molar-refractivity contribution >= 4 is 0 Å². The Hall–Kier alpha value is -2.43. The zero-order valence-electron chi connectivity index (χ0n) is 17.2. The lowest BCUT2D eigenvalue weighted by Gasteiger charge is -2.29. The molecule has 0 bridgehead atoms. The largest absolute Gasteiger partial charge is 0.310 e. The van der Waals surface area contributed by atoms with E-state index >= 15 is 0 Å². The Morgan fingerprint density at radius 2 is 1.79 bits per heavy atom. The van der Waals surface area contributed by atoms with Gasteiger partial charge in [0.1, 0.15) is 0 Å². The second-order valence-corrected chi connectivity index (χ2v) is 8.06. The van der Waals surface area contributed by atoms with Crippen LogP contribution in [0.5, 0.6) is 0 Å². The van der Waals surface area contributed by atoms with Crippen LogP contribution in [0.3, 0.4) is 0 Å². The zero-order valence-corrected chi connectivity index (χ0v) is 17.2. The Kier molecular flexibility index (Phi) is 5.60. The van der Waals surface area contributed by atoms with Crippen molar-refractivity contribution < 1.29 is 0 Å². The number of nitrogens with zero attached hydrogens (tertiary/aromatic N) is 3. The summed E-state index contributed by atoms with van der Waals surface area (Å²) in [5.41, 5.74) is 7.15. The summed E-state index contributed by atoms with van der Waals surface area (Å²) in [4.78, 5) is 2.41. The molecule has 4 nitrogen and oxygen atoms in total. The standard InChI is InChI=1S/C24H30N4/c1-18-9-10-19(2)23(15-18)28-17-21(16-25-22-11-13-27(3)14-12-22)24(26-28)20-7-5-4-6-8-20/h4-10,15,17,22,25H,11-14,16H2,1-3H3. The summed E-state index contributed by atoms with van der Waals surface area (Å²) in [5, 5.41) is 8.78. The highest BCUT2D eigenvalue weighted by Gasteiger charge is 2.18. The van der Waals surface area contributed by atoms with Crippen LogP contribution in [0.4, 0.5) is 0 Å². The minimum absolute atomic E-state index is 0.587. The summed E-state index contributed by atoms with van der Waals surface area (Å²) in [6.45, 7) is 7.47. The molecule has 4 rings (SSSR count). The summed E-state index contributed by atoms with van der Waals surface area (Å²) >= 11 is 0. The molecule has 0 aliphatic carbocycles. The van der Waals surface area contributed by atoms with Crippen molar-refractivity contribution in [2.24, 2.45) is 0 Å². The number of aryl methyl sites for hydroxylation is 2. The Labute approximate surface area is 168 Å². The molecule has 1 aliphatic rings. The van der Waals surface area contributed by atoms with Crippen molar-refractivity contribution in [3.63, 3.8) is 0 Å². The number of rotatable bonds is 5. The van der Waals surface area contributed by atoms with Crippen LogP contribution >= 0.6 is 0 Å². The minimum Gasteiger partial charge on any atom is -0.310 e. The summed E-state index contributed by atoms with van der Waals surface area (Å²) in [5.74, 6) is 0. The Bertz CT molecular complexity index is 921. The summed E-state index contributed by atoms with van der Waals surface area (Å²) < 4.78 is 2.05. The molecule has 146 valence electrons. The van der Waals surface area contributed by atoms with Crippen LogP contribution in [-0.2, 0) is 6.54 Å². The van der Waals surface area contributed by atoms with Crippen LogP contribution in [0, 0.1) is 13.8 Å². The second kappa shape index (κ2) is 8.29. The quantitative estimate of drug-likeness (QED) is 0.721. The van der Waals surface area contributed by atoms with Crippen molar-refractivity contribution in [2.75, 3.05) is 20.1 Å². The molecule has 0 unspecified atom stereocenters. The first-order valence-electron chi connectivity index (χ1n) is 10.2. The Balaban J connectivity index is 1.64. The van der Waals surface area contributed by atoms with Gasteiger partial charge < -0.3 is 10.2 Å². The molecule has 2 heterocycles. The number of aromatic nitrogens is 2. The predicted octanol–water partition coefficient (Wildman–Crippen LogP) is 4.34. The fraction of sp³-hybridized carbons (Fsp3) is 0.375. The van der Waals surface area contributed by atoms with Crippen molar-refractivity contribution in [3.05, 3.63) is 71.4 Å². The van der Waals surface area contributed by atoms with E-state index in [1.807, 2.05) is 0 Å². The van der Waals surface area contributed by atoms with Crippen molar-refractivity contribution in [1.29, 1.82) is 0 Å². The van der Waals surface area contributed by atoms with Gasteiger partial charge in [-0.25, -0.2) is 4.68 Å². The first-order valence-corrected chi connectivity index (χ1v) is 10.2. The molecule has 0 spiro atoms. The van der Waals surface area contributed by atoms with Gasteiger partial charge in [0.2, 0.25) is 0 Å². The topological polar surface area (TPSA) is 33.1 Å². The van der Waals surface area contributed by atoms with Gasteiger partial charge in [0.05, 0.1) is 11.4 Å². The van der Waals surface area contributed by atoms with Crippen molar-refractivity contribution in [3.8, 4) is 16.9 Å². The number of benzene rings is 2. The Morgan fingerprint density at radius 1 is 1.04 bits per heavy atom. The maximum absolute atomic E-state index is 5.00. The van der Waals surface area contributed by atoms with Crippen LogP contribution in [-0.4, -0.2) is 40.9 Å². The molecule has 0 atom stereocenters. The molecule has 0 radical (unpaired) electrons. The van der Waals surface area contributed by atoms with Gasteiger partial charge >= 0.3 is 0 Å². The van der Waals surface area contributed by atoms with Gasteiger partial charge in [-0.15, -0.1) is 0 Å². The maximum atomic E-state index is 5.00. The third-order valence-electron chi connectivity index (χ3n) is 5.75. The molecule has 1 saturated heterocycles. The fourth-order valence-electron chi connectivity index (χ4n) is 3.93. The summed E-state index contributed by atoms with van der Waals surface area (Å²) in [6.07, 6.45) is 4.62. The smallest absolute Gasteiger partial charge is 0.0972 e. The van der Waals surface area contributed by atoms with E-state index in [4.69, 9.17) is 5.10 Å². The maximum Gasteiger partial charge on any atom is 0.0972 e. The van der Waals surface area contributed by atoms with Gasteiger partial charge in [0.25, 0.3) is 0 Å². The van der Waals surface area contributed by atoms with E-state index in [1.54, 1.807) is 0 Å². The van der Waals surface area contributed by atoms with Gasteiger partial charge in [0, 0.05) is 29.9 Å². The Morgan fingerprint density at radius 3 is 2.54 bits per heavy atom. The molecule has 28 heavy (non-hydrogen) atoms. The van der Waals surface area contributed by atoms with Gasteiger partial charge in [-0.2, -0.15) is 5.10 Å². The SMILES string of the molecule is Cc1ccc(C)c(-n2cc(CNC3CCN(C)CC3)c(-c3ccccc3)n2)c1. The fourth-order valence-corrected chi connectivity index (χ4v) is 3.93. The molecule has 4 heteroatoms. The number of nitrogens with one attached hydrogen (secondary N) is 1. The van der Waals surface area contributed by atoms with Gasteiger partial charge in [0.15, 0.2) is 0 Å². The van der Waals surface area contributed by atoms with Crippen LogP contribution in [0.15, 0.2) is 54.7 Å². The normalized spacial score (nSPS) is 15.8. The average Bonchev–Trinajstić information content (AvgIpc) is 3.14. The molecule has 2 aromatic carbocycles. The number of hydrogen-bond acceptors (Lipinski definition) is 3. The molecule has 3 aromatic rings. The van der Waals surface area contributed by atoms with E-state index < -0.39 is 0 Å². The first kappa shape index (κ1) is 18.9. The highest BCUT2D eigenvalue weighted by atomic mass is 15.3. The average molecular weight is 375 g/mol. The number of piperidine rings is 1. The molecular weight excluding hydrogens is 344 g/mol. The van der Waals surface area contributed by atoms with Gasteiger partial charge in [-0.3, -0.25) is 0 Å². The number of likely N-dealkylation sites (tertiary alicyclic amines) is 1. The highest BCUT2D eigenvalue weighted by Crippen LogP contribution is 2.25. The van der Waals surface area contributed by atoms with Crippen LogP contribution in [0.2, 0.25) is 0 Å². The third kappa shape index (κ3) is 4.18. The summed E-state index contributed by atoms with van der Waals surface area (Å²) in [6, 6.07) is 17.6.